The highest BCUT2D eigenvalue weighted by Gasteiger charge is 2.44. The molecule has 0 bridgehead atoms. The predicted molar refractivity (Wildman–Crippen MR) is 131 cm³/mol. The number of pyridine rings is 1. The molecule has 0 radical (unpaired) electrons. The molecular formula is C26H22N4O7. The number of carbonyl (C=O) groups is 4. The van der Waals surface area contributed by atoms with E-state index in [4.69, 9.17) is 4.74 Å². The van der Waals surface area contributed by atoms with E-state index in [1.807, 2.05) is 0 Å². The van der Waals surface area contributed by atoms with Gasteiger partial charge >= 0.3 is 5.97 Å². The second-order valence-electron chi connectivity index (χ2n) is 8.15. The van der Waals surface area contributed by atoms with Crippen LogP contribution in [0, 0.1) is 10.1 Å². The summed E-state index contributed by atoms with van der Waals surface area (Å²) in [5.41, 5.74) is 1.12. The lowest BCUT2D eigenvalue weighted by Crippen LogP contribution is -2.45. The Morgan fingerprint density at radius 2 is 1.76 bits per heavy atom. The number of nitro benzene ring substituents is 1. The second-order valence-corrected chi connectivity index (χ2v) is 8.15. The number of imide groups is 1. The Kier molecular flexibility index (Phi) is 7.33. The first-order chi connectivity index (χ1) is 17.8. The first-order valence-electron chi connectivity index (χ1n) is 11.4. The highest BCUT2D eigenvalue weighted by molar-refractivity contribution is 6.23. The van der Waals surface area contributed by atoms with E-state index in [0.29, 0.717) is 5.56 Å². The summed E-state index contributed by atoms with van der Waals surface area (Å²) in [5.74, 6) is -2.20. The molecule has 11 heteroatoms. The Morgan fingerprint density at radius 3 is 2.35 bits per heavy atom. The molecule has 11 nitrogen and oxygen atoms in total. The molecule has 1 aromatic heterocycles. The number of carbonyl (C=O) groups excluding carboxylic acids is 4. The molecule has 1 aliphatic heterocycles. The molecule has 1 unspecified atom stereocenters. The molecule has 1 fully saturated rings. The van der Waals surface area contributed by atoms with Gasteiger partial charge in [-0.15, -0.1) is 0 Å². The molecule has 0 aliphatic carbocycles. The molecule has 1 aliphatic rings. The number of nitro groups is 1. The van der Waals surface area contributed by atoms with Gasteiger partial charge < -0.3 is 9.64 Å². The van der Waals surface area contributed by atoms with Gasteiger partial charge in [-0.3, -0.25) is 29.5 Å². The van der Waals surface area contributed by atoms with E-state index < -0.39 is 34.7 Å². The van der Waals surface area contributed by atoms with Crippen molar-refractivity contribution in [2.45, 2.75) is 25.9 Å². The zero-order valence-corrected chi connectivity index (χ0v) is 19.8. The van der Waals surface area contributed by atoms with Crippen LogP contribution in [0.2, 0.25) is 0 Å². The van der Waals surface area contributed by atoms with E-state index >= 15 is 0 Å². The SMILES string of the molecule is CCOC(=O)c1ccc(N2C(=O)CC(N(Cc3cccnc3)C(=O)c3ccc([N+](=O)[O-])cc3)C2=O)cc1. The summed E-state index contributed by atoms with van der Waals surface area (Å²) in [6, 6.07) is 13.2. The van der Waals surface area contributed by atoms with Crippen molar-refractivity contribution < 1.29 is 28.8 Å². The molecule has 3 aromatic rings. The molecule has 0 N–H and O–H groups in total. The van der Waals surface area contributed by atoms with Crippen molar-refractivity contribution in [3.8, 4) is 0 Å². The molecular weight excluding hydrogens is 480 g/mol. The molecule has 37 heavy (non-hydrogen) atoms. The molecule has 3 amide bonds. The fraction of sp³-hybridized carbons (Fsp3) is 0.192. The standard InChI is InChI=1S/C26H22N4O7/c1-2-37-26(34)19-7-9-20(10-8-19)29-23(31)14-22(25(29)33)28(16-17-4-3-13-27-15-17)24(32)18-5-11-21(12-6-18)30(35)36/h3-13,15,22H,2,14,16H2,1H3. The van der Waals surface area contributed by atoms with Gasteiger partial charge in [0, 0.05) is 36.6 Å². The van der Waals surface area contributed by atoms with Gasteiger partial charge in [0.15, 0.2) is 0 Å². The normalized spacial score (nSPS) is 14.9. The molecule has 1 saturated heterocycles. The molecule has 0 spiro atoms. The molecule has 4 rings (SSSR count). The number of hydrogen-bond acceptors (Lipinski definition) is 8. The van der Waals surface area contributed by atoms with Crippen molar-refractivity contribution >= 4 is 35.1 Å². The topological polar surface area (TPSA) is 140 Å². The van der Waals surface area contributed by atoms with Crippen molar-refractivity contribution in [1.29, 1.82) is 0 Å². The number of non-ortho nitro benzene ring substituents is 1. The summed E-state index contributed by atoms with van der Waals surface area (Å²) in [4.78, 5) is 68.6. The number of hydrogen-bond donors (Lipinski definition) is 0. The Balaban J connectivity index is 1.63. The van der Waals surface area contributed by atoms with Crippen molar-refractivity contribution in [2.24, 2.45) is 0 Å². The van der Waals surface area contributed by atoms with Crippen molar-refractivity contribution in [3.63, 3.8) is 0 Å². The van der Waals surface area contributed by atoms with Gasteiger partial charge in [-0.05, 0) is 55.0 Å². The lowest BCUT2D eigenvalue weighted by Gasteiger charge is -2.28. The summed E-state index contributed by atoms with van der Waals surface area (Å²) in [5, 5.41) is 11.0. The molecule has 0 saturated carbocycles. The van der Waals surface area contributed by atoms with Crippen LogP contribution < -0.4 is 4.90 Å². The first-order valence-corrected chi connectivity index (χ1v) is 11.4. The minimum absolute atomic E-state index is 0.0109. The third kappa shape index (κ3) is 5.35. The average molecular weight is 502 g/mol. The zero-order chi connectivity index (χ0) is 26.5. The highest BCUT2D eigenvalue weighted by atomic mass is 16.6. The summed E-state index contributed by atoms with van der Waals surface area (Å²) in [6.07, 6.45) is 2.86. The van der Waals surface area contributed by atoms with Gasteiger partial charge in [0.1, 0.15) is 6.04 Å². The van der Waals surface area contributed by atoms with Crippen LogP contribution in [0.25, 0.3) is 0 Å². The van der Waals surface area contributed by atoms with Gasteiger partial charge in [0.25, 0.3) is 17.5 Å². The summed E-state index contributed by atoms with van der Waals surface area (Å²) < 4.78 is 4.96. The van der Waals surface area contributed by atoms with Crippen LogP contribution in [0.5, 0.6) is 0 Å². The van der Waals surface area contributed by atoms with Gasteiger partial charge in [-0.1, -0.05) is 6.07 Å². The highest BCUT2D eigenvalue weighted by Crippen LogP contribution is 2.28. The third-order valence-corrected chi connectivity index (χ3v) is 5.80. The Hall–Kier alpha value is -4.93. The smallest absolute Gasteiger partial charge is 0.338 e. The third-order valence-electron chi connectivity index (χ3n) is 5.80. The Morgan fingerprint density at radius 1 is 1.08 bits per heavy atom. The van der Waals surface area contributed by atoms with E-state index in [0.717, 1.165) is 4.90 Å². The molecule has 188 valence electrons. The lowest BCUT2D eigenvalue weighted by atomic mass is 10.1. The van der Waals surface area contributed by atoms with Crippen LogP contribution in [0.4, 0.5) is 11.4 Å². The van der Waals surface area contributed by atoms with Crippen LogP contribution in [0.3, 0.4) is 0 Å². The van der Waals surface area contributed by atoms with Crippen LogP contribution in [0.1, 0.15) is 39.6 Å². The molecule has 1 atom stereocenters. The quantitative estimate of drug-likeness (QED) is 0.198. The average Bonchev–Trinajstić information content (AvgIpc) is 3.21. The summed E-state index contributed by atoms with van der Waals surface area (Å²) in [6.45, 7) is 1.88. The van der Waals surface area contributed by atoms with Crippen LogP contribution >= 0.6 is 0 Å². The number of rotatable bonds is 8. The summed E-state index contributed by atoms with van der Waals surface area (Å²) in [7, 11) is 0. The van der Waals surface area contributed by atoms with Crippen molar-refractivity contribution in [1.82, 2.24) is 9.88 Å². The molecule has 2 aromatic carbocycles. The number of benzene rings is 2. The number of nitrogens with zero attached hydrogens (tertiary/aromatic N) is 4. The van der Waals surface area contributed by atoms with Gasteiger partial charge in [-0.2, -0.15) is 0 Å². The zero-order valence-electron chi connectivity index (χ0n) is 19.8. The lowest BCUT2D eigenvalue weighted by molar-refractivity contribution is -0.384. The maximum Gasteiger partial charge on any atom is 0.338 e. The minimum atomic E-state index is -1.11. The maximum absolute atomic E-state index is 13.5. The number of amides is 3. The number of anilines is 1. The molecule has 2 heterocycles. The first kappa shape index (κ1) is 25.2. The minimum Gasteiger partial charge on any atom is -0.462 e. The largest absolute Gasteiger partial charge is 0.462 e. The maximum atomic E-state index is 13.5. The fourth-order valence-electron chi connectivity index (χ4n) is 4.00. The van der Waals surface area contributed by atoms with E-state index in [1.54, 1.807) is 31.5 Å². The fourth-order valence-corrected chi connectivity index (χ4v) is 4.00. The van der Waals surface area contributed by atoms with Crippen molar-refractivity contribution in [2.75, 3.05) is 11.5 Å². The monoisotopic (exact) mass is 502 g/mol. The Bertz CT molecular complexity index is 1340. The second kappa shape index (κ2) is 10.8. The number of ether oxygens (including phenoxy) is 1. The van der Waals surface area contributed by atoms with Gasteiger partial charge in [0.2, 0.25) is 5.91 Å². The number of aromatic nitrogens is 1. The van der Waals surface area contributed by atoms with E-state index in [1.165, 1.54) is 53.4 Å². The van der Waals surface area contributed by atoms with E-state index in [2.05, 4.69) is 4.98 Å². The Labute approximate surface area is 211 Å². The van der Waals surface area contributed by atoms with Crippen LogP contribution in [0.15, 0.2) is 73.1 Å². The summed E-state index contributed by atoms with van der Waals surface area (Å²) >= 11 is 0. The van der Waals surface area contributed by atoms with Gasteiger partial charge in [0.05, 0.1) is 29.2 Å². The van der Waals surface area contributed by atoms with Crippen LogP contribution in [-0.4, -0.2) is 51.1 Å². The van der Waals surface area contributed by atoms with Gasteiger partial charge in [-0.25, -0.2) is 9.69 Å². The van der Waals surface area contributed by atoms with Crippen LogP contribution in [-0.2, 0) is 20.9 Å². The predicted octanol–water partition coefficient (Wildman–Crippen LogP) is 3.14. The van der Waals surface area contributed by atoms with Crippen molar-refractivity contribution in [3.05, 3.63) is 99.9 Å². The number of esters is 1. The van der Waals surface area contributed by atoms with E-state index in [9.17, 15) is 29.3 Å². The van der Waals surface area contributed by atoms with E-state index in [-0.39, 0.29) is 42.1 Å².